The lowest BCUT2D eigenvalue weighted by molar-refractivity contribution is 0.345. The summed E-state index contributed by atoms with van der Waals surface area (Å²) in [6.07, 6.45) is 10.7. The SMILES string of the molecule is CCCCCCCCCCC(C)C(C)(C)S(=O)(=O)[O-].[NH4+]. The lowest BCUT2D eigenvalue weighted by Crippen LogP contribution is -2.38. The molecule has 4 nitrogen and oxygen atoms in total. The molecule has 0 radical (unpaired) electrons. The molecule has 0 aromatic heterocycles. The first-order valence-corrected chi connectivity index (χ1v) is 9.09. The van der Waals surface area contributed by atoms with E-state index in [1.54, 1.807) is 13.8 Å². The van der Waals surface area contributed by atoms with Gasteiger partial charge in [0, 0.05) is 0 Å². The van der Waals surface area contributed by atoms with Gasteiger partial charge in [-0.25, -0.2) is 8.42 Å². The maximum Gasteiger partial charge on any atom is 0.100 e. The predicted molar refractivity (Wildman–Crippen MR) is 86.2 cm³/mol. The fourth-order valence-electron chi connectivity index (χ4n) is 2.18. The summed E-state index contributed by atoms with van der Waals surface area (Å²) in [5, 5.41) is 0. The highest BCUT2D eigenvalue weighted by Gasteiger charge is 2.32. The molecule has 0 fully saturated rings. The van der Waals surface area contributed by atoms with Gasteiger partial charge in [0.05, 0.1) is 4.75 Å². The highest BCUT2D eigenvalue weighted by molar-refractivity contribution is 7.87. The predicted octanol–water partition coefficient (Wildman–Crippen LogP) is 4.85. The number of hydrogen-bond donors (Lipinski definition) is 1. The van der Waals surface area contributed by atoms with Crippen LogP contribution in [0.2, 0.25) is 0 Å². The van der Waals surface area contributed by atoms with E-state index in [2.05, 4.69) is 6.92 Å². The molecule has 0 aromatic carbocycles. The Morgan fingerprint density at radius 1 is 0.950 bits per heavy atom. The first-order chi connectivity index (χ1) is 8.73. The van der Waals surface area contributed by atoms with Crippen molar-refractivity contribution in [2.45, 2.75) is 90.2 Å². The molecule has 1 unspecified atom stereocenters. The zero-order valence-corrected chi connectivity index (χ0v) is 14.9. The largest absolute Gasteiger partial charge is 0.748 e. The van der Waals surface area contributed by atoms with E-state index in [9.17, 15) is 13.0 Å². The average molecular weight is 310 g/mol. The number of rotatable bonds is 11. The van der Waals surface area contributed by atoms with Crippen LogP contribution in [0.15, 0.2) is 0 Å². The monoisotopic (exact) mass is 309 g/mol. The Bertz CT molecular complexity index is 326. The summed E-state index contributed by atoms with van der Waals surface area (Å²) in [5.74, 6) is -0.0740. The van der Waals surface area contributed by atoms with E-state index < -0.39 is 14.9 Å². The van der Waals surface area contributed by atoms with Crippen molar-refractivity contribution in [1.29, 1.82) is 0 Å². The normalized spacial score (nSPS) is 13.8. The van der Waals surface area contributed by atoms with Gasteiger partial charge in [-0.3, -0.25) is 0 Å². The van der Waals surface area contributed by atoms with Gasteiger partial charge in [0.25, 0.3) is 0 Å². The van der Waals surface area contributed by atoms with Crippen molar-refractivity contribution in [3.63, 3.8) is 0 Å². The number of quaternary nitrogens is 1. The van der Waals surface area contributed by atoms with Crippen LogP contribution in [-0.4, -0.2) is 17.7 Å². The number of hydrogen-bond acceptors (Lipinski definition) is 3. The summed E-state index contributed by atoms with van der Waals surface area (Å²) in [6.45, 7) is 7.18. The van der Waals surface area contributed by atoms with Crippen LogP contribution in [0.4, 0.5) is 0 Å². The van der Waals surface area contributed by atoms with E-state index in [0.29, 0.717) is 0 Å². The summed E-state index contributed by atoms with van der Waals surface area (Å²) in [5.41, 5.74) is 0. The van der Waals surface area contributed by atoms with E-state index in [0.717, 1.165) is 19.3 Å². The molecular formula is C15H35NO3S. The van der Waals surface area contributed by atoms with E-state index >= 15 is 0 Å². The van der Waals surface area contributed by atoms with E-state index in [4.69, 9.17) is 0 Å². The highest BCUT2D eigenvalue weighted by atomic mass is 32.2. The van der Waals surface area contributed by atoms with Crippen LogP contribution >= 0.6 is 0 Å². The van der Waals surface area contributed by atoms with Crippen molar-refractivity contribution < 1.29 is 13.0 Å². The third-order valence-electron chi connectivity index (χ3n) is 4.32. The minimum Gasteiger partial charge on any atom is -0.748 e. The van der Waals surface area contributed by atoms with Gasteiger partial charge in [0.2, 0.25) is 0 Å². The maximum absolute atomic E-state index is 11.2. The minimum absolute atomic E-state index is 0. The Labute approximate surface area is 126 Å². The van der Waals surface area contributed by atoms with Crippen LogP contribution in [0.3, 0.4) is 0 Å². The van der Waals surface area contributed by atoms with Crippen molar-refractivity contribution in [3.8, 4) is 0 Å². The van der Waals surface area contributed by atoms with Gasteiger partial charge in [-0.15, -0.1) is 0 Å². The van der Waals surface area contributed by atoms with Gasteiger partial charge >= 0.3 is 0 Å². The summed E-state index contributed by atoms with van der Waals surface area (Å²) in [4.78, 5) is 0. The minimum atomic E-state index is -4.21. The fraction of sp³-hybridized carbons (Fsp3) is 1.00. The van der Waals surface area contributed by atoms with Crippen LogP contribution in [0.25, 0.3) is 0 Å². The van der Waals surface area contributed by atoms with E-state index in [-0.39, 0.29) is 12.1 Å². The molecule has 0 aliphatic carbocycles. The van der Waals surface area contributed by atoms with Crippen LogP contribution in [0.5, 0.6) is 0 Å². The van der Waals surface area contributed by atoms with Crippen molar-refractivity contribution in [3.05, 3.63) is 0 Å². The first-order valence-electron chi connectivity index (χ1n) is 7.69. The second-order valence-electron chi connectivity index (χ2n) is 6.22. The maximum atomic E-state index is 11.2. The third-order valence-corrected chi connectivity index (χ3v) is 6.01. The van der Waals surface area contributed by atoms with E-state index in [1.807, 2.05) is 6.92 Å². The standard InChI is InChI=1S/C15H32O3S.H3N/c1-5-6-7-8-9-10-11-12-13-14(2)15(3,4)19(16,17)18;/h14H,5-13H2,1-4H3,(H,16,17,18);1H3. The fourth-order valence-corrected chi connectivity index (χ4v) is 2.79. The molecule has 0 aromatic rings. The molecule has 5 heteroatoms. The third kappa shape index (κ3) is 8.22. The Hall–Kier alpha value is -0.130. The van der Waals surface area contributed by atoms with Gasteiger partial charge in [0.15, 0.2) is 0 Å². The second kappa shape index (κ2) is 10.6. The molecule has 124 valence electrons. The van der Waals surface area contributed by atoms with Gasteiger partial charge in [-0.1, -0.05) is 65.2 Å². The molecule has 1 atom stereocenters. The molecule has 0 heterocycles. The Morgan fingerprint density at radius 2 is 1.35 bits per heavy atom. The summed E-state index contributed by atoms with van der Waals surface area (Å²) >= 11 is 0. The molecule has 0 bridgehead atoms. The van der Waals surface area contributed by atoms with Gasteiger partial charge in [-0.2, -0.15) is 0 Å². The average Bonchev–Trinajstić information content (AvgIpc) is 2.30. The number of unbranched alkanes of at least 4 members (excludes halogenated alkanes) is 7. The van der Waals surface area contributed by atoms with Crippen LogP contribution in [0, 0.1) is 5.92 Å². The topological polar surface area (TPSA) is 93.7 Å². The Morgan fingerprint density at radius 3 is 1.75 bits per heavy atom. The van der Waals surface area contributed by atoms with Crippen LogP contribution in [-0.2, 0) is 10.1 Å². The molecule has 20 heavy (non-hydrogen) atoms. The molecular weight excluding hydrogens is 274 g/mol. The van der Waals surface area contributed by atoms with Crippen molar-refractivity contribution >= 4 is 10.1 Å². The van der Waals surface area contributed by atoms with Crippen molar-refractivity contribution in [2.75, 3.05) is 0 Å². The summed E-state index contributed by atoms with van der Waals surface area (Å²) in [7, 11) is -4.21. The zero-order chi connectivity index (χ0) is 14.9. The lowest BCUT2D eigenvalue weighted by atomic mass is 9.91. The molecule has 0 spiro atoms. The van der Waals surface area contributed by atoms with Crippen molar-refractivity contribution in [2.24, 2.45) is 5.92 Å². The molecule has 0 amide bonds. The van der Waals surface area contributed by atoms with Gasteiger partial charge in [0.1, 0.15) is 10.1 Å². The van der Waals surface area contributed by atoms with Crippen LogP contribution in [0.1, 0.15) is 85.5 Å². The second-order valence-corrected chi connectivity index (χ2v) is 8.18. The van der Waals surface area contributed by atoms with E-state index in [1.165, 1.54) is 38.5 Å². The zero-order valence-electron chi connectivity index (χ0n) is 14.1. The van der Waals surface area contributed by atoms with Gasteiger partial charge < -0.3 is 10.7 Å². The Kier molecular flexibility index (Phi) is 11.7. The van der Waals surface area contributed by atoms with Crippen LogP contribution < -0.4 is 6.15 Å². The Balaban J connectivity index is 0. The molecule has 0 aliphatic heterocycles. The van der Waals surface area contributed by atoms with Crippen molar-refractivity contribution in [1.82, 2.24) is 6.15 Å². The summed E-state index contributed by atoms with van der Waals surface area (Å²) < 4.78 is 32.4. The molecule has 4 N–H and O–H groups in total. The molecule has 0 rings (SSSR count). The lowest BCUT2D eigenvalue weighted by Gasteiger charge is -2.34. The summed E-state index contributed by atoms with van der Waals surface area (Å²) in [6, 6.07) is 0. The first kappa shape index (κ1) is 22.2. The highest BCUT2D eigenvalue weighted by Crippen LogP contribution is 2.29. The molecule has 0 aliphatic rings. The molecule has 0 saturated heterocycles. The molecule has 0 saturated carbocycles. The quantitative estimate of drug-likeness (QED) is 0.436. The smallest absolute Gasteiger partial charge is 0.100 e. The van der Waals surface area contributed by atoms with Gasteiger partial charge in [-0.05, 0) is 26.2 Å².